The summed E-state index contributed by atoms with van der Waals surface area (Å²) in [4.78, 5) is 22.0. The highest BCUT2D eigenvalue weighted by molar-refractivity contribution is 7.92. The Balaban J connectivity index is 1.52. The fraction of sp³-hybridized carbons (Fsp3) is 0.351. The van der Waals surface area contributed by atoms with E-state index >= 15 is 8.78 Å². The largest absolute Gasteiger partial charge is 0.397 e. The van der Waals surface area contributed by atoms with Crippen LogP contribution in [0.15, 0.2) is 58.7 Å². The van der Waals surface area contributed by atoms with Gasteiger partial charge >= 0.3 is 0 Å². The van der Waals surface area contributed by atoms with Crippen molar-refractivity contribution in [2.75, 3.05) is 24.2 Å². The summed E-state index contributed by atoms with van der Waals surface area (Å²) >= 11 is 6.54. The number of nitrogens with zero attached hydrogens (tertiary/aromatic N) is 4. The van der Waals surface area contributed by atoms with Crippen molar-refractivity contribution in [3.8, 4) is 23.0 Å². The molecule has 57 heavy (non-hydrogen) atoms. The number of anilines is 1. The van der Waals surface area contributed by atoms with Crippen molar-refractivity contribution in [2.45, 2.75) is 43.8 Å². The van der Waals surface area contributed by atoms with Crippen LogP contribution in [0.2, 0.25) is 5.02 Å². The lowest BCUT2D eigenvalue weighted by Gasteiger charge is -2.23. The SMILES string of the molecule is Cn1nc(NS(C)(=O)=O)c2c(Cl)ccc(-c3ccc(C#CC(C)(O)CF)nc3C(Cc3cc(F)cc(F)c3)NC(=O)CN=C3C(=C(N)C(F)F)[C@H]4C[C@H]4C3(F)F)c21. The van der Waals surface area contributed by atoms with Crippen LogP contribution >= 0.6 is 11.6 Å². The van der Waals surface area contributed by atoms with E-state index in [2.05, 4.69) is 37.0 Å². The molecule has 2 aliphatic rings. The first-order valence-corrected chi connectivity index (χ1v) is 19.3. The fourth-order valence-corrected chi connectivity index (χ4v) is 7.52. The molecular weight excluding hydrogens is 807 g/mol. The topological polar surface area (TPSA) is 165 Å². The minimum absolute atomic E-state index is 0.00696. The number of rotatable bonds is 11. The van der Waals surface area contributed by atoms with Gasteiger partial charge in [-0.25, -0.2) is 35.4 Å². The number of fused-ring (bicyclic) bond motifs is 2. The van der Waals surface area contributed by atoms with Gasteiger partial charge in [0.25, 0.3) is 12.3 Å². The van der Waals surface area contributed by atoms with Crippen molar-refractivity contribution in [2.24, 2.45) is 29.6 Å². The Hall–Kier alpha value is -5.19. The number of allylic oxidation sites excluding steroid dienone is 2. The molecule has 2 fully saturated rings. The van der Waals surface area contributed by atoms with Crippen molar-refractivity contribution in [1.29, 1.82) is 0 Å². The van der Waals surface area contributed by atoms with Crippen LogP contribution in [0.25, 0.3) is 22.0 Å². The fourth-order valence-electron chi connectivity index (χ4n) is 6.79. The number of benzene rings is 2. The van der Waals surface area contributed by atoms with Crippen molar-refractivity contribution >= 4 is 50.0 Å². The summed E-state index contributed by atoms with van der Waals surface area (Å²) in [6.07, 6.45) is -2.83. The number of hydrogen-bond donors (Lipinski definition) is 4. The Morgan fingerprint density at radius 2 is 1.84 bits per heavy atom. The number of aromatic nitrogens is 3. The van der Waals surface area contributed by atoms with Crippen LogP contribution < -0.4 is 15.8 Å². The van der Waals surface area contributed by atoms with Crippen LogP contribution in [0, 0.1) is 35.3 Å². The Morgan fingerprint density at radius 1 is 1.18 bits per heavy atom. The zero-order valence-corrected chi connectivity index (χ0v) is 31.7. The molecule has 2 saturated carbocycles. The number of hydrogen-bond acceptors (Lipinski definition) is 8. The molecule has 5 N–H and O–H groups in total. The van der Waals surface area contributed by atoms with Crippen LogP contribution in [0.4, 0.5) is 36.6 Å². The Labute approximate surface area is 326 Å². The number of pyridine rings is 1. The summed E-state index contributed by atoms with van der Waals surface area (Å²) in [6, 6.07) is 6.99. The predicted octanol–water partition coefficient (Wildman–Crippen LogP) is 5.61. The van der Waals surface area contributed by atoms with E-state index in [0.29, 0.717) is 6.07 Å². The van der Waals surface area contributed by atoms with E-state index in [0.717, 1.165) is 25.3 Å². The third-order valence-corrected chi connectivity index (χ3v) is 10.2. The Morgan fingerprint density at radius 3 is 2.47 bits per heavy atom. The normalized spacial score (nSPS) is 20.5. The maximum Gasteiger partial charge on any atom is 0.292 e. The van der Waals surface area contributed by atoms with Gasteiger partial charge in [0, 0.05) is 35.7 Å². The minimum Gasteiger partial charge on any atom is -0.397 e. The van der Waals surface area contributed by atoms with E-state index in [4.69, 9.17) is 17.3 Å². The van der Waals surface area contributed by atoms with Gasteiger partial charge in [0.05, 0.1) is 39.6 Å². The van der Waals surface area contributed by atoms with Crippen molar-refractivity contribution in [1.82, 2.24) is 20.1 Å². The Bertz CT molecular complexity index is 2510. The summed E-state index contributed by atoms with van der Waals surface area (Å²) < 4.78 is 128. The molecular formula is C37H33ClF7N7O4S. The molecule has 11 nitrogen and oxygen atoms in total. The first-order valence-electron chi connectivity index (χ1n) is 17.0. The number of aliphatic imine (C=N–C) groups is 1. The van der Waals surface area contributed by atoms with E-state index in [1.165, 1.54) is 36.0 Å². The van der Waals surface area contributed by atoms with Gasteiger partial charge in [0.1, 0.15) is 36.3 Å². The molecule has 0 saturated heterocycles. The van der Waals surface area contributed by atoms with E-state index in [9.17, 15) is 40.3 Å². The maximum absolute atomic E-state index is 15.2. The second kappa shape index (κ2) is 15.3. The second-order valence-electron chi connectivity index (χ2n) is 14.0. The van der Waals surface area contributed by atoms with Gasteiger partial charge in [-0.2, -0.15) is 13.9 Å². The number of aliphatic hydroxyl groups is 1. The molecule has 4 aromatic rings. The van der Waals surface area contributed by atoms with Gasteiger partial charge < -0.3 is 16.2 Å². The average molecular weight is 840 g/mol. The van der Waals surface area contributed by atoms with Crippen molar-refractivity contribution in [3.05, 3.63) is 87.3 Å². The molecule has 2 unspecified atom stereocenters. The molecule has 0 bridgehead atoms. The molecule has 1 amide bonds. The van der Waals surface area contributed by atoms with E-state index in [1.54, 1.807) is 0 Å². The molecule has 2 aromatic carbocycles. The maximum atomic E-state index is 15.2. The number of nitrogens with two attached hydrogens (primary N) is 1. The summed E-state index contributed by atoms with van der Waals surface area (Å²) in [5, 5.41) is 17.3. The number of nitrogens with one attached hydrogen (secondary N) is 2. The predicted molar refractivity (Wildman–Crippen MR) is 198 cm³/mol. The van der Waals surface area contributed by atoms with Crippen LogP contribution in [-0.2, 0) is 28.3 Å². The molecule has 6 rings (SSSR count). The summed E-state index contributed by atoms with van der Waals surface area (Å²) in [5.74, 6) is -4.11. The number of alkyl halides is 5. The van der Waals surface area contributed by atoms with Gasteiger partial charge in [0.2, 0.25) is 15.9 Å². The van der Waals surface area contributed by atoms with Gasteiger partial charge in [0.15, 0.2) is 11.4 Å². The van der Waals surface area contributed by atoms with Crippen molar-refractivity contribution in [3.63, 3.8) is 0 Å². The van der Waals surface area contributed by atoms with Crippen LogP contribution in [-0.4, -0.2) is 77.3 Å². The third kappa shape index (κ3) is 8.72. The standard InChI is InChI=1S/C37H33ClF7N7O4S/c1-36(54,16-39)9-8-20-4-5-21(22-6-7-25(38)29-32(22)52(2)50-35(29)51-57(3,55)56)31(48-20)26(12-17-10-18(40)13-19(41)11-17)49-27(53)15-47-33-28(30(46)34(42)43)23-14-24(23)37(33,44)45/h4-7,10-11,13,23-24,26,34,54H,12,14-16,46H2,1-3H3,(H,49,53)(H,50,51)/t23-,24+,26?,36?/m0/s1. The average Bonchev–Trinajstić information content (AvgIpc) is 3.80. The summed E-state index contributed by atoms with van der Waals surface area (Å²) in [6.45, 7) is -1.15. The molecule has 2 aromatic heterocycles. The molecule has 4 atom stereocenters. The van der Waals surface area contributed by atoms with Crippen LogP contribution in [0.5, 0.6) is 0 Å². The van der Waals surface area contributed by atoms with Gasteiger partial charge in [-0.05, 0) is 67.5 Å². The lowest BCUT2D eigenvalue weighted by molar-refractivity contribution is -0.120. The number of aryl methyl sites for hydroxylation is 1. The smallest absolute Gasteiger partial charge is 0.292 e. The monoisotopic (exact) mass is 839 g/mol. The number of carbonyl (C=O) groups excluding carboxylic acids is 1. The van der Waals surface area contributed by atoms with E-state index in [1.807, 2.05) is 0 Å². The quantitative estimate of drug-likeness (QED) is 0.113. The van der Waals surface area contributed by atoms with E-state index in [-0.39, 0.29) is 56.2 Å². The highest BCUT2D eigenvalue weighted by Crippen LogP contribution is 2.62. The number of carbonyl (C=O) groups is 1. The van der Waals surface area contributed by atoms with Crippen LogP contribution in [0.3, 0.4) is 0 Å². The number of amides is 1. The van der Waals surface area contributed by atoms with E-state index < -0.39 is 100 Å². The zero-order chi connectivity index (χ0) is 41.8. The highest BCUT2D eigenvalue weighted by atomic mass is 35.5. The number of halogens is 8. The molecule has 2 heterocycles. The lowest BCUT2D eigenvalue weighted by Crippen LogP contribution is -2.35. The lowest BCUT2D eigenvalue weighted by atomic mass is 9.93. The zero-order valence-electron chi connectivity index (χ0n) is 30.1. The molecule has 20 heteroatoms. The molecule has 0 spiro atoms. The summed E-state index contributed by atoms with van der Waals surface area (Å²) in [5.41, 5.74) is 1.40. The molecule has 302 valence electrons. The van der Waals surface area contributed by atoms with Gasteiger partial charge in [-0.15, -0.1) is 0 Å². The molecule has 2 aliphatic carbocycles. The van der Waals surface area contributed by atoms with Crippen LogP contribution in [0.1, 0.15) is 36.3 Å². The molecule has 0 aliphatic heterocycles. The first-order chi connectivity index (χ1) is 26.6. The molecule has 0 radical (unpaired) electrons. The Kier molecular flexibility index (Phi) is 11.1. The van der Waals surface area contributed by atoms with Crippen molar-refractivity contribution < 1.29 is 49.1 Å². The second-order valence-corrected chi connectivity index (χ2v) is 16.1. The first kappa shape index (κ1) is 41.4. The third-order valence-electron chi connectivity index (χ3n) is 9.31. The summed E-state index contributed by atoms with van der Waals surface area (Å²) in [7, 11) is -2.37. The minimum atomic E-state index is -3.86. The van der Waals surface area contributed by atoms with Gasteiger partial charge in [-0.1, -0.05) is 23.6 Å². The van der Waals surface area contributed by atoms with Gasteiger partial charge in [-0.3, -0.25) is 19.2 Å². The highest BCUT2D eigenvalue weighted by Gasteiger charge is 2.67. The number of sulfonamides is 1.